The Balaban J connectivity index is 1.67. The number of hydrogen-bond acceptors (Lipinski definition) is 4. The van der Waals surface area contributed by atoms with Gasteiger partial charge in [0.15, 0.2) is 0 Å². The van der Waals surface area contributed by atoms with Gasteiger partial charge in [0.1, 0.15) is 0 Å². The number of amides is 2. The van der Waals surface area contributed by atoms with Crippen molar-refractivity contribution in [3.8, 4) is 11.4 Å². The molecular formula is C17H15ClN4O2. The molecule has 0 saturated heterocycles. The van der Waals surface area contributed by atoms with Gasteiger partial charge < -0.3 is 15.2 Å². The maximum absolute atomic E-state index is 12.1. The minimum absolute atomic E-state index is 0.344. The highest BCUT2D eigenvalue weighted by Gasteiger charge is 2.08. The summed E-state index contributed by atoms with van der Waals surface area (Å²) in [5, 5.41) is 9.99. The summed E-state index contributed by atoms with van der Waals surface area (Å²) >= 11 is 6.04. The Morgan fingerprint density at radius 1 is 1.08 bits per heavy atom. The predicted molar refractivity (Wildman–Crippen MR) is 93.3 cm³/mol. The van der Waals surface area contributed by atoms with Crippen LogP contribution < -0.4 is 10.6 Å². The normalized spacial score (nSPS) is 10.5. The van der Waals surface area contributed by atoms with E-state index in [1.165, 1.54) is 0 Å². The molecule has 0 spiro atoms. The average molecular weight is 343 g/mol. The highest BCUT2D eigenvalue weighted by molar-refractivity contribution is 6.31. The van der Waals surface area contributed by atoms with Crippen LogP contribution in [-0.2, 0) is 0 Å². The van der Waals surface area contributed by atoms with Crippen molar-refractivity contribution >= 4 is 29.0 Å². The number of carbonyl (C=O) groups is 1. The zero-order chi connectivity index (χ0) is 17.1. The summed E-state index contributed by atoms with van der Waals surface area (Å²) in [6.07, 6.45) is 0. The van der Waals surface area contributed by atoms with Crippen molar-refractivity contribution in [2.24, 2.45) is 0 Å². The molecule has 24 heavy (non-hydrogen) atoms. The van der Waals surface area contributed by atoms with E-state index < -0.39 is 0 Å². The van der Waals surface area contributed by atoms with Crippen LogP contribution in [0.15, 0.2) is 47.0 Å². The van der Waals surface area contributed by atoms with E-state index in [1.807, 2.05) is 19.1 Å². The molecular weight excluding hydrogens is 328 g/mol. The molecule has 0 radical (unpaired) electrons. The molecule has 2 N–H and O–H groups in total. The number of anilines is 2. The van der Waals surface area contributed by atoms with Crippen LogP contribution in [0.4, 0.5) is 16.2 Å². The van der Waals surface area contributed by atoms with Crippen LogP contribution in [0, 0.1) is 13.8 Å². The molecule has 2 aromatic carbocycles. The number of benzene rings is 2. The molecule has 3 aromatic rings. The Labute approximate surface area is 143 Å². The summed E-state index contributed by atoms with van der Waals surface area (Å²) in [6.45, 7) is 3.58. The highest BCUT2D eigenvalue weighted by atomic mass is 35.5. The van der Waals surface area contributed by atoms with Crippen molar-refractivity contribution in [1.82, 2.24) is 10.1 Å². The van der Waals surface area contributed by atoms with E-state index in [0.29, 0.717) is 28.1 Å². The molecule has 0 aliphatic heterocycles. The first kappa shape index (κ1) is 16.0. The number of halogens is 1. The minimum atomic E-state index is -0.344. The average Bonchev–Trinajstić information content (AvgIpc) is 2.99. The predicted octanol–water partition coefficient (Wildman–Crippen LogP) is 4.65. The first-order chi connectivity index (χ1) is 11.5. The Morgan fingerprint density at radius 3 is 2.50 bits per heavy atom. The van der Waals surface area contributed by atoms with Gasteiger partial charge in [-0.1, -0.05) is 22.8 Å². The van der Waals surface area contributed by atoms with Crippen molar-refractivity contribution < 1.29 is 9.32 Å². The van der Waals surface area contributed by atoms with Gasteiger partial charge in [-0.05, 0) is 48.9 Å². The number of hydrogen-bond donors (Lipinski definition) is 2. The van der Waals surface area contributed by atoms with E-state index in [0.717, 1.165) is 11.1 Å². The number of nitrogens with zero attached hydrogens (tertiary/aromatic N) is 2. The number of urea groups is 1. The van der Waals surface area contributed by atoms with Gasteiger partial charge in [0.05, 0.1) is 0 Å². The molecule has 7 heteroatoms. The second kappa shape index (κ2) is 6.72. The molecule has 0 unspecified atom stereocenters. The third-order valence-electron chi connectivity index (χ3n) is 3.44. The van der Waals surface area contributed by atoms with E-state index in [2.05, 4.69) is 20.8 Å². The lowest BCUT2D eigenvalue weighted by atomic mass is 10.2. The van der Waals surface area contributed by atoms with Crippen molar-refractivity contribution in [3.63, 3.8) is 0 Å². The van der Waals surface area contributed by atoms with E-state index in [-0.39, 0.29) is 6.03 Å². The van der Waals surface area contributed by atoms with Gasteiger partial charge in [-0.3, -0.25) is 0 Å². The lowest BCUT2D eigenvalue weighted by Crippen LogP contribution is -2.19. The molecule has 0 atom stereocenters. The SMILES string of the molecule is Cc1nc(-c2ccc(NC(=O)Nc3cccc(Cl)c3C)cc2)no1. The Kier molecular flexibility index (Phi) is 4.48. The summed E-state index contributed by atoms with van der Waals surface area (Å²) in [6, 6.07) is 12.2. The molecule has 0 fully saturated rings. The molecule has 1 heterocycles. The molecule has 122 valence electrons. The summed E-state index contributed by atoms with van der Waals surface area (Å²) in [4.78, 5) is 16.3. The van der Waals surface area contributed by atoms with E-state index in [1.54, 1.807) is 37.3 Å². The lowest BCUT2D eigenvalue weighted by molar-refractivity contribution is 0.262. The van der Waals surface area contributed by atoms with Crippen LogP contribution in [0.2, 0.25) is 5.02 Å². The van der Waals surface area contributed by atoms with Gasteiger partial charge in [0.2, 0.25) is 11.7 Å². The van der Waals surface area contributed by atoms with Gasteiger partial charge in [0.25, 0.3) is 0 Å². The number of aryl methyl sites for hydroxylation is 1. The zero-order valence-electron chi connectivity index (χ0n) is 13.1. The van der Waals surface area contributed by atoms with Crippen molar-refractivity contribution in [2.75, 3.05) is 10.6 Å². The maximum atomic E-state index is 12.1. The monoisotopic (exact) mass is 342 g/mol. The largest absolute Gasteiger partial charge is 0.339 e. The van der Waals surface area contributed by atoms with Crippen LogP contribution in [0.5, 0.6) is 0 Å². The van der Waals surface area contributed by atoms with Crippen LogP contribution >= 0.6 is 11.6 Å². The van der Waals surface area contributed by atoms with Crippen molar-refractivity contribution in [2.45, 2.75) is 13.8 Å². The van der Waals surface area contributed by atoms with Crippen LogP contribution in [-0.4, -0.2) is 16.2 Å². The number of rotatable bonds is 3. The second-order valence-corrected chi connectivity index (χ2v) is 5.61. The Hall–Kier alpha value is -2.86. The van der Waals surface area contributed by atoms with Crippen LogP contribution in [0.25, 0.3) is 11.4 Å². The fourth-order valence-corrected chi connectivity index (χ4v) is 2.32. The van der Waals surface area contributed by atoms with Crippen molar-refractivity contribution in [1.29, 1.82) is 0 Å². The zero-order valence-corrected chi connectivity index (χ0v) is 13.9. The van der Waals surface area contributed by atoms with Gasteiger partial charge in [0, 0.05) is 28.9 Å². The summed E-state index contributed by atoms with van der Waals surface area (Å²) < 4.78 is 4.95. The molecule has 0 aliphatic rings. The quantitative estimate of drug-likeness (QED) is 0.726. The summed E-state index contributed by atoms with van der Waals surface area (Å²) in [5.41, 5.74) is 2.94. The fourth-order valence-electron chi connectivity index (χ4n) is 2.15. The first-order valence-electron chi connectivity index (χ1n) is 7.27. The third kappa shape index (κ3) is 3.55. The van der Waals surface area contributed by atoms with Gasteiger partial charge in [-0.2, -0.15) is 4.98 Å². The molecule has 0 saturated carbocycles. The Bertz CT molecular complexity index is 875. The van der Waals surface area contributed by atoms with E-state index in [4.69, 9.17) is 16.1 Å². The molecule has 0 bridgehead atoms. The number of carbonyl (C=O) groups excluding carboxylic acids is 1. The van der Waals surface area contributed by atoms with Crippen LogP contribution in [0.1, 0.15) is 11.5 Å². The summed E-state index contributed by atoms with van der Waals surface area (Å²) in [7, 11) is 0. The van der Waals surface area contributed by atoms with Crippen LogP contribution in [0.3, 0.4) is 0 Å². The first-order valence-corrected chi connectivity index (χ1v) is 7.64. The van der Waals surface area contributed by atoms with Gasteiger partial charge in [-0.15, -0.1) is 0 Å². The standard InChI is InChI=1S/C17H15ClN4O2/c1-10-14(18)4-3-5-15(10)21-17(23)20-13-8-6-12(7-9-13)16-19-11(2)24-22-16/h3-9H,1-2H3,(H2,20,21,23). The minimum Gasteiger partial charge on any atom is -0.339 e. The molecule has 2 amide bonds. The molecule has 0 aliphatic carbocycles. The second-order valence-electron chi connectivity index (χ2n) is 5.21. The van der Waals surface area contributed by atoms with E-state index >= 15 is 0 Å². The topological polar surface area (TPSA) is 80.0 Å². The lowest BCUT2D eigenvalue weighted by Gasteiger charge is -2.11. The van der Waals surface area contributed by atoms with Gasteiger partial charge in [-0.25, -0.2) is 4.79 Å². The van der Waals surface area contributed by atoms with E-state index in [9.17, 15) is 4.79 Å². The maximum Gasteiger partial charge on any atom is 0.323 e. The third-order valence-corrected chi connectivity index (χ3v) is 3.85. The van der Waals surface area contributed by atoms with Crippen molar-refractivity contribution in [3.05, 3.63) is 58.9 Å². The molecule has 3 rings (SSSR count). The van der Waals surface area contributed by atoms with Gasteiger partial charge >= 0.3 is 6.03 Å². The smallest absolute Gasteiger partial charge is 0.323 e. The molecule has 6 nitrogen and oxygen atoms in total. The fraction of sp³-hybridized carbons (Fsp3) is 0.118. The Morgan fingerprint density at radius 2 is 1.83 bits per heavy atom. The number of nitrogens with one attached hydrogen (secondary N) is 2. The number of aromatic nitrogens is 2. The molecule has 1 aromatic heterocycles. The summed E-state index contributed by atoms with van der Waals surface area (Å²) in [5.74, 6) is 1.02. The highest BCUT2D eigenvalue weighted by Crippen LogP contribution is 2.23.